The molecule has 0 amide bonds. The van der Waals surface area contributed by atoms with E-state index in [1.54, 1.807) is 6.92 Å². The van der Waals surface area contributed by atoms with Gasteiger partial charge in [0, 0.05) is 12.1 Å². The van der Waals surface area contributed by atoms with Crippen molar-refractivity contribution in [3.05, 3.63) is 0 Å². The van der Waals surface area contributed by atoms with Gasteiger partial charge in [0.2, 0.25) is 0 Å². The summed E-state index contributed by atoms with van der Waals surface area (Å²) >= 11 is 0. The topological polar surface area (TPSA) is 32.7 Å². The predicted molar refractivity (Wildman–Crippen MR) is 68.0 cm³/mol. The van der Waals surface area contributed by atoms with Crippen LogP contribution in [0.3, 0.4) is 0 Å². The van der Waals surface area contributed by atoms with Crippen LogP contribution in [0.5, 0.6) is 0 Å². The molecule has 0 aromatic rings. The van der Waals surface area contributed by atoms with Gasteiger partial charge in [-0.25, -0.2) is 5.10 Å². The summed E-state index contributed by atoms with van der Waals surface area (Å²) in [5.74, 6) is 0.196. The minimum absolute atomic E-state index is 0.196. The second-order valence-electron chi connectivity index (χ2n) is 4.28. The van der Waals surface area contributed by atoms with Crippen LogP contribution >= 0.6 is 0 Å². The van der Waals surface area contributed by atoms with Crippen molar-refractivity contribution in [1.29, 1.82) is 0 Å². The van der Waals surface area contributed by atoms with Crippen molar-refractivity contribution in [2.75, 3.05) is 0 Å². The second-order valence-corrected chi connectivity index (χ2v) is 10.3. The number of hydrazone groups is 1. The van der Waals surface area contributed by atoms with E-state index in [0.29, 0.717) is 6.42 Å². The molecular weight excluding hydrogens is 208 g/mol. The molecule has 0 atom stereocenters. The van der Waals surface area contributed by atoms with Crippen LogP contribution in [0.2, 0.25) is 26.2 Å². The number of Topliss-reactive ketones (excluding diaryl/α,β-unsaturated/α-hetero) is 1. The highest BCUT2D eigenvalue weighted by Gasteiger charge is 2.13. The summed E-state index contributed by atoms with van der Waals surface area (Å²) in [7, 11) is -1.70. The highest BCUT2D eigenvalue weighted by Crippen LogP contribution is 2.02. The number of hydrogen-bond donors (Lipinski definition) is 0. The molecular formula is C9H22N2OSi2. The Morgan fingerprint density at radius 3 is 1.86 bits per heavy atom. The van der Waals surface area contributed by atoms with Gasteiger partial charge in [-0.3, -0.25) is 4.79 Å². The Morgan fingerprint density at radius 2 is 1.57 bits per heavy atom. The molecule has 0 spiro atoms. The van der Waals surface area contributed by atoms with Gasteiger partial charge in [-0.2, -0.15) is 0 Å². The van der Waals surface area contributed by atoms with E-state index in [1.807, 2.05) is 6.92 Å². The standard InChI is InChI=1S/C9H22N2OSi2/c1-8(7-9(2)12)10-11(13(3)4)14(5)6/h13-14H,7H2,1-6H3. The van der Waals surface area contributed by atoms with Crippen molar-refractivity contribution in [2.45, 2.75) is 46.5 Å². The van der Waals surface area contributed by atoms with E-state index in [9.17, 15) is 4.79 Å². The molecule has 0 N–H and O–H groups in total. The van der Waals surface area contributed by atoms with Gasteiger partial charge in [0.1, 0.15) is 23.7 Å². The molecule has 0 bridgehead atoms. The molecule has 0 saturated carbocycles. The van der Waals surface area contributed by atoms with Crippen molar-refractivity contribution in [3.63, 3.8) is 0 Å². The zero-order valence-electron chi connectivity index (χ0n) is 10.2. The minimum atomic E-state index is -0.849. The first-order valence-corrected chi connectivity index (χ1v) is 10.8. The highest BCUT2D eigenvalue weighted by molar-refractivity contribution is 6.69. The maximum Gasteiger partial charge on any atom is 0.144 e. The van der Waals surface area contributed by atoms with E-state index < -0.39 is 17.9 Å². The Labute approximate surface area is 90.6 Å². The van der Waals surface area contributed by atoms with Crippen molar-refractivity contribution in [1.82, 2.24) is 4.34 Å². The van der Waals surface area contributed by atoms with Crippen molar-refractivity contribution >= 4 is 29.4 Å². The molecule has 3 nitrogen and oxygen atoms in total. The summed E-state index contributed by atoms with van der Waals surface area (Å²) in [4.78, 5) is 10.9. The van der Waals surface area contributed by atoms with Crippen LogP contribution in [0, 0.1) is 0 Å². The summed E-state index contributed by atoms with van der Waals surface area (Å²) in [5, 5.41) is 4.57. The Bertz CT molecular complexity index is 219. The SMILES string of the molecule is CC(=O)CC(C)=NN([SiH](C)C)[SiH](C)C. The molecule has 0 aliphatic rings. The van der Waals surface area contributed by atoms with Crippen LogP contribution < -0.4 is 0 Å². The Balaban J connectivity index is 4.47. The number of nitrogens with zero attached hydrogens (tertiary/aromatic N) is 2. The number of hydrogen-bond acceptors (Lipinski definition) is 3. The fourth-order valence-electron chi connectivity index (χ4n) is 1.42. The molecule has 0 aromatic carbocycles. The van der Waals surface area contributed by atoms with Crippen LogP contribution in [-0.4, -0.2) is 33.8 Å². The van der Waals surface area contributed by atoms with Crippen LogP contribution in [0.25, 0.3) is 0 Å². The fourth-order valence-corrected chi connectivity index (χ4v) is 7.05. The zero-order chi connectivity index (χ0) is 11.3. The normalized spacial score (nSPS) is 12.4. The second kappa shape index (κ2) is 6.13. The fraction of sp³-hybridized carbons (Fsp3) is 0.778. The van der Waals surface area contributed by atoms with Crippen LogP contribution in [-0.2, 0) is 4.79 Å². The van der Waals surface area contributed by atoms with Crippen molar-refractivity contribution in [3.8, 4) is 0 Å². The third-order valence-electron chi connectivity index (χ3n) is 1.85. The molecule has 0 fully saturated rings. The maximum atomic E-state index is 10.9. The summed E-state index contributed by atoms with van der Waals surface area (Å²) < 4.78 is 2.30. The van der Waals surface area contributed by atoms with E-state index >= 15 is 0 Å². The highest BCUT2D eigenvalue weighted by atomic mass is 28.3. The lowest BCUT2D eigenvalue weighted by molar-refractivity contribution is -0.115. The molecule has 0 heterocycles. The largest absolute Gasteiger partial charge is 0.355 e. The van der Waals surface area contributed by atoms with Gasteiger partial charge < -0.3 is 4.34 Å². The van der Waals surface area contributed by atoms with Gasteiger partial charge in [0.05, 0.1) is 0 Å². The van der Waals surface area contributed by atoms with Gasteiger partial charge >= 0.3 is 0 Å². The first kappa shape index (κ1) is 13.6. The molecule has 0 aromatic heterocycles. The molecule has 0 rings (SSSR count). The molecule has 82 valence electrons. The predicted octanol–water partition coefficient (Wildman–Crippen LogP) is 1.61. The summed E-state index contributed by atoms with van der Waals surface area (Å²) in [6.07, 6.45) is 0.499. The number of rotatable bonds is 5. The first-order chi connectivity index (χ1) is 6.34. The lowest BCUT2D eigenvalue weighted by Gasteiger charge is -2.27. The van der Waals surface area contributed by atoms with E-state index in [0.717, 1.165) is 5.71 Å². The zero-order valence-corrected chi connectivity index (χ0v) is 12.5. The Morgan fingerprint density at radius 1 is 1.14 bits per heavy atom. The molecule has 0 saturated heterocycles. The molecule has 5 heteroatoms. The molecule has 0 unspecified atom stereocenters. The minimum Gasteiger partial charge on any atom is -0.355 e. The smallest absolute Gasteiger partial charge is 0.144 e. The average Bonchev–Trinajstić information content (AvgIpc) is 1.97. The summed E-state index contributed by atoms with van der Waals surface area (Å²) in [6.45, 7) is 12.7. The quantitative estimate of drug-likeness (QED) is 0.408. The third-order valence-corrected chi connectivity index (χ3v) is 7.77. The number of carbonyl (C=O) groups excluding carboxylic acids is 1. The van der Waals surface area contributed by atoms with Gasteiger partial charge in [0.25, 0.3) is 0 Å². The number of ketones is 1. The van der Waals surface area contributed by atoms with E-state index in [4.69, 9.17) is 0 Å². The van der Waals surface area contributed by atoms with Crippen molar-refractivity contribution in [2.24, 2.45) is 5.10 Å². The summed E-state index contributed by atoms with van der Waals surface area (Å²) in [6, 6.07) is 0. The van der Waals surface area contributed by atoms with E-state index in [1.165, 1.54) is 0 Å². The average molecular weight is 230 g/mol. The van der Waals surface area contributed by atoms with Crippen molar-refractivity contribution < 1.29 is 4.79 Å². The Kier molecular flexibility index (Phi) is 5.94. The van der Waals surface area contributed by atoms with E-state index in [-0.39, 0.29) is 5.78 Å². The van der Waals surface area contributed by atoms with Gasteiger partial charge in [-0.05, 0) is 13.8 Å². The molecule has 0 aliphatic heterocycles. The molecule has 14 heavy (non-hydrogen) atoms. The Hall–Kier alpha value is -0.426. The molecule has 0 aliphatic carbocycles. The molecule has 0 radical (unpaired) electrons. The first-order valence-electron chi connectivity index (χ1n) is 5.16. The monoisotopic (exact) mass is 230 g/mol. The van der Waals surface area contributed by atoms with Gasteiger partial charge in [-0.15, -0.1) is 0 Å². The lowest BCUT2D eigenvalue weighted by atomic mass is 10.2. The maximum absolute atomic E-state index is 10.9. The van der Waals surface area contributed by atoms with Gasteiger partial charge in [-0.1, -0.05) is 26.2 Å². The lowest BCUT2D eigenvalue weighted by Crippen LogP contribution is -2.39. The third kappa shape index (κ3) is 5.34. The van der Waals surface area contributed by atoms with E-state index in [2.05, 4.69) is 35.6 Å². The number of carbonyl (C=O) groups is 1. The summed E-state index contributed by atoms with van der Waals surface area (Å²) in [5.41, 5.74) is 0.958. The van der Waals surface area contributed by atoms with Crippen LogP contribution in [0.1, 0.15) is 20.3 Å². The van der Waals surface area contributed by atoms with Crippen LogP contribution in [0.15, 0.2) is 5.10 Å². The van der Waals surface area contributed by atoms with Gasteiger partial charge in [0.15, 0.2) is 0 Å². The van der Waals surface area contributed by atoms with Crippen LogP contribution in [0.4, 0.5) is 0 Å².